The number of hydrogen-bond donors (Lipinski definition) is 0. The van der Waals surface area contributed by atoms with E-state index in [1.807, 2.05) is 24.3 Å². The van der Waals surface area contributed by atoms with Crippen molar-refractivity contribution in [3.63, 3.8) is 0 Å². The van der Waals surface area contributed by atoms with Gasteiger partial charge in [0.15, 0.2) is 5.43 Å². The van der Waals surface area contributed by atoms with Crippen LogP contribution in [0.25, 0.3) is 11.0 Å². The molecule has 0 aliphatic carbocycles. The highest BCUT2D eigenvalue weighted by atomic mass is 16.3. The normalized spacial score (nSPS) is 15.8. The lowest BCUT2D eigenvalue weighted by atomic mass is 9.95. The molecule has 0 N–H and O–H groups in total. The van der Waals surface area contributed by atoms with Crippen molar-refractivity contribution in [2.75, 3.05) is 4.90 Å². The number of aromatic nitrogens is 2. The molecule has 1 aliphatic heterocycles. The number of fused-ring (bicyclic) bond motifs is 2. The van der Waals surface area contributed by atoms with Crippen molar-refractivity contribution in [1.29, 1.82) is 0 Å². The van der Waals surface area contributed by atoms with E-state index in [1.165, 1.54) is 10.5 Å². The molecule has 3 heterocycles. The Morgan fingerprint density at radius 1 is 0.933 bits per heavy atom. The summed E-state index contributed by atoms with van der Waals surface area (Å²) in [5.41, 5.74) is 2.48. The van der Waals surface area contributed by atoms with Crippen LogP contribution in [0.1, 0.15) is 53.1 Å². The first kappa shape index (κ1) is 18.2. The molecule has 1 aliphatic rings. The Labute approximate surface area is 172 Å². The van der Waals surface area contributed by atoms with E-state index in [2.05, 4.69) is 23.8 Å². The summed E-state index contributed by atoms with van der Waals surface area (Å²) in [6.45, 7) is 4.24. The number of hydrogen-bond acceptors (Lipinski definition) is 5. The van der Waals surface area contributed by atoms with E-state index in [0.717, 1.165) is 5.56 Å². The molecule has 1 unspecified atom stereocenters. The maximum Gasteiger partial charge on any atom is 0.297 e. The number of nitrogens with zero attached hydrogens (tertiary/aromatic N) is 3. The van der Waals surface area contributed by atoms with Gasteiger partial charge in [-0.15, -0.1) is 0 Å². The van der Waals surface area contributed by atoms with Crippen molar-refractivity contribution in [3.8, 4) is 0 Å². The van der Waals surface area contributed by atoms with E-state index in [-0.39, 0.29) is 17.1 Å². The largest absolute Gasteiger partial charge is 0.450 e. The third kappa shape index (κ3) is 2.72. The highest BCUT2D eigenvalue weighted by Crippen LogP contribution is 2.40. The van der Waals surface area contributed by atoms with E-state index in [0.29, 0.717) is 22.5 Å². The van der Waals surface area contributed by atoms with Crippen LogP contribution in [-0.4, -0.2) is 15.9 Å². The van der Waals surface area contributed by atoms with Gasteiger partial charge in [-0.25, -0.2) is 9.97 Å². The van der Waals surface area contributed by atoms with Gasteiger partial charge in [0.25, 0.3) is 5.91 Å². The Morgan fingerprint density at radius 3 is 2.33 bits per heavy atom. The standard InChI is InChI=1S/C24H19N3O3/c1-14(2)15-8-10-16(11-9-15)20-19-21(28)17-6-3-4-7-18(17)30-22(19)23(29)27(20)24-25-12-5-13-26-24/h3-14,20H,1-2H3. The van der Waals surface area contributed by atoms with Crippen LogP contribution in [0, 0.1) is 0 Å². The highest BCUT2D eigenvalue weighted by Gasteiger charge is 2.44. The van der Waals surface area contributed by atoms with Crippen molar-refractivity contribution >= 4 is 22.8 Å². The summed E-state index contributed by atoms with van der Waals surface area (Å²) in [6, 6.07) is 15.9. The second-order valence-corrected chi connectivity index (χ2v) is 7.62. The van der Waals surface area contributed by atoms with Crippen LogP contribution in [0.5, 0.6) is 0 Å². The van der Waals surface area contributed by atoms with Crippen LogP contribution in [0.3, 0.4) is 0 Å². The highest BCUT2D eigenvalue weighted by molar-refractivity contribution is 6.09. The molecule has 1 atom stereocenters. The molecule has 6 heteroatoms. The molecule has 6 nitrogen and oxygen atoms in total. The quantitative estimate of drug-likeness (QED) is 0.510. The van der Waals surface area contributed by atoms with Crippen LogP contribution < -0.4 is 10.3 Å². The number of rotatable bonds is 3. The maximum atomic E-state index is 13.4. The van der Waals surface area contributed by atoms with Crippen molar-refractivity contribution in [3.05, 3.63) is 99.7 Å². The van der Waals surface area contributed by atoms with Gasteiger partial charge in [0.05, 0.1) is 17.0 Å². The summed E-state index contributed by atoms with van der Waals surface area (Å²) in [7, 11) is 0. The Balaban J connectivity index is 1.78. The van der Waals surface area contributed by atoms with Crippen molar-refractivity contribution in [2.24, 2.45) is 0 Å². The minimum Gasteiger partial charge on any atom is -0.450 e. The molecule has 0 saturated carbocycles. The Hall–Kier alpha value is -3.80. The predicted octanol–water partition coefficient (Wildman–Crippen LogP) is 4.46. The zero-order chi connectivity index (χ0) is 20.8. The fourth-order valence-electron chi connectivity index (χ4n) is 3.92. The van der Waals surface area contributed by atoms with Gasteiger partial charge in [-0.3, -0.25) is 14.5 Å². The summed E-state index contributed by atoms with van der Waals surface area (Å²) in [5, 5.41) is 0.448. The third-order valence-corrected chi connectivity index (χ3v) is 5.46. The smallest absolute Gasteiger partial charge is 0.297 e. The second kappa shape index (κ2) is 6.91. The average Bonchev–Trinajstić information content (AvgIpc) is 3.07. The van der Waals surface area contributed by atoms with E-state index in [1.54, 1.807) is 42.7 Å². The van der Waals surface area contributed by atoms with E-state index < -0.39 is 11.9 Å². The van der Waals surface area contributed by atoms with Gasteiger partial charge >= 0.3 is 0 Å². The van der Waals surface area contributed by atoms with Crippen LogP contribution in [0.2, 0.25) is 0 Å². The molecule has 0 fully saturated rings. The molecule has 0 radical (unpaired) electrons. The van der Waals surface area contributed by atoms with Gasteiger partial charge in [0.1, 0.15) is 5.58 Å². The molecular formula is C24H19N3O3. The zero-order valence-corrected chi connectivity index (χ0v) is 16.6. The average molecular weight is 397 g/mol. The SMILES string of the molecule is CC(C)c1ccc(C2c3c(oc4ccccc4c3=O)C(=O)N2c2ncccn2)cc1. The minimum atomic E-state index is -0.656. The zero-order valence-electron chi connectivity index (χ0n) is 16.6. The number of benzene rings is 2. The van der Waals surface area contributed by atoms with Crippen LogP contribution >= 0.6 is 0 Å². The van der Waals surface area contributed by atoms with Crippen molar-refractivity contribution in [1.82, 2.24) is 9.97 Å². The van der Waals surface area contributed by atoms with E-state index in [4.69, 9.17) is 4.42 Å². The minimum absolute atomic E-state index is 0.0455. The molecule has 0 spiro atoms. The molecule has 2 aromatic heterocycles. The molecule has 4 aromatic rings. The number of amides is 1. The lowest BCUT2D eigenvalue weighted by molar-refractivity contribution is 0.0969. The molecule has 1 amide bonds. The number of para-hydroxylation sites is 1. The van der Waals surface area contributed by atoms with E-state index in [9.17, 15) is 9.59 Å². The van der Waals surface area contributed by atoms with Gasteiger partial charge in [0.2, 0.25) is 11.7 Å². The third-order valence-electron chi connectivity index (χ3n) is 5.46. The predicted molar refractivity (Wildman–Crippen MR) is 114 cm³/mol. The molecule has 2 aromatic carbocycles. The summed E-state index contributed by atoms with van der Waals surface area (Å²) in [5.74, 6) is 0.232. The van der Waals surface area contributed by atoms with Gasteiger partial charge in [-0.2, -0.15) is 0 Å². The number of anilines is 1. The van der Waals surface area contributed by atoms with Gasteiger partial charge < -0.3 is 4.42 Å². The Kier molecular flexibility index (Phi) is 4.20. The van der Waals surface area contributed by atoms with Gasteiger partial charge in [-0.1, -0.05) is 50.2 Å². The van der Waals surface area contributed by atoms with Crippen LogP contribution in [0.15, 0.2) is 76.2 Å². The Bertz CT molecular complexity index is 1310. The molecule has 0 bridgehead atoms. The summed E-state index contributed by atoms with van der Waals surface area (Å²) < 4.78 is 5.92. The molecule has 148 valence electrons. The number of carbonyl (C=O) groups is 1. The fourth-order valence-corrected chi connectivity index (χ4v) is 3.92. The van der Waals surface area contributed by atoms with E-state index >= 15 is 0 Å². The summed E-state index contributed by atoms with van der Waals surface area (Å²) in [4.78, 5) is 36.8. The molecule has 30 heavy (non-hydrogen) atoms. The molecular weight excluding hydrogens is 378 g/mol. The maximum absolute atomic E-state index is 13.4. The lowest BCUT2D eigenvalue weighted by Gasteiger charge is -2.23. The topological polar surface area (TPSA) is 76.3 Å². The summed E-state index contributed by atoms with van der Waals surface area (Å²) >= 11 is 0. The van der Waals surface area contributed by atoms with Crippen molar-refractivity contribution < 1.29 is 9.21 Å². The molecule has 5 rings (SSSR count). The Morgan fingerprint density at radius 2 is 1.63 bits per heavy atom. The van der Waals surface area contributed by atoms with Crippen molar-refractivity contribution in [2.45, 2.75) is 25.8 Å². The van der Waals surface area contributed by atoms with Gasteiger partial charge in [0, 0.05) is 12.4 Å². The monoisotopic (exact) mass is 397 g/mol. The van der Waals surface area contributed by atoms with Crippen LogP contribution in [0.4, 0.5) is 5.95 Å². The second-order valence-electron chi connectivity index (χ2n) is 7.62. The van der Waals surface area contributed by atoms with Gasteiger partial charge in [-0.05, 0) is 35.2 Å². The fraction of sp³-hybridized carbons (Fsp3) is 0.167. The lowest BCUT2D eigenvalue weighted by Crippen LogP contribution is -2.31. The summed E-state index contributed by atoms with van der Waals surface area (Å²) in [6.07, 6.45) is 3.15. The first-order valence-corrected chi connectivity index (χ1v) is 9.82. The number of carbonyl (C=O) groups excluding carboxylic acids is 1. The van der Waals surface area contributed by atoms with Crippen LogP contribution in [-0.2, 0) is 0 Å². The first-order valence-electron chi connectivity index (χ1n) is 9.82. The first-order chi connectivity index (χ1) is 14.6. The molecule has 0 saturated heterocycles.